The minimum Gasteiger partial charge on any atom is -0.378 e. The fourth-order valence-electron chi connectivity index (χ4n) is 2.40. The second-order valence-electron chi connectivity index (χ2n) is 4.08. The van der Waals surface area contributed by atoms with Gasteiger partial charge in [0, 0.05) is 12.1 Å². The molecule has 2 unspecified atom stereocenters. The first-order valence-corrected chi connectivity index (χ1v) is 4.81. The Balaban J connectivity index is 2.02. The monoisotopic (exact) mass is 170 g/mol. The van der Waals surface area contributed by atoms with Crippen LogP contribution < -0.4 is 5.73 Å². The fourth-order valence-corrected chi connectivity index (χ4v) is 2.40. The maximum atomic E-state index is 5.69. The largest absolute Gasteiger partial charge is 0.378 e. The number of ether oxygens (including phenoxy) is 1. The molecule has 70 valence electrons. The van der Waals surface area contributed by atoms with Crippen LogP contribution in [0.4, 0.5) is 0 Å². The maximum Gasteiger partial charge on any atom is 0.0622 e. The molecule has 0 aliphatic carbocycles. The lowest BCUT2D eigenvalue weighted by Crippen LogP contribution is -2.55. The van der Waals surface area contributed by atoms with Crippen LogP contribution in [0.5, 0.6) is 0 Å². The van der Waals surface area contributed by atoms with E-state index < -0.39 is 0 Å². The minimum atomic E-state index is 0.631. The Kier molecular flexibility index (Phi) is 2.35. The van der Waals surface area contributed by atoms with Gasteiger partial charge in [-0.1, -0.05) is 0 Å². The van der Waals surface area contributed by atoms with Crippen molar-refractivity contribution in [1.29, 1.82) is 0 Å². The van der Waals surface area contributed by atoms with Gasteiger partial charge in [-0.15, -0.1) is 0 Å². The number of rotatable bonds is 1. The van der Waals surface area contributed by atoms with E-state index in [1.807, 2.05) is 0 Å². The molecule has 12 heavy (non-hydrogen) atoms. The lowest BCUT2D eigenvalue weighted by atomic mass is 9.85. The molecule has 3 nitrogen and oxygen atoms in total. The van der Waals surface area contributed by atoms with E-state index in [1.54, 1.807) is 0 Å². The standard InChI is InChI=1S/C9H18N2O/c1-11-8-2-7(4-10)3-9(11)6-12-5-8/h7-9H,2-6,10H2,1H3. The van der Waals surface area contributed by atoms with Crippen LogP contribution >= 0.6 is 0 Å². The molecule has 0 aromatic heterocycles. The predicted octanol–water partition coefficient (Wildman–Crippen LogP) is 0.0543. The van der Waals surface area contributed by atoms with Crippen LogP contribution in [-0.4, -0.2) is 43.8 Å². The van der Waals surface area contributed by atoms with Crippen molar-refractivity contribution in [1.82, 2.24) is 4.90 Å². The van der Waals surface area contributed by atoms with Gasteiger partial charge in [0.25, 0.3) is 0 Å². The van der Waals surface area contributed by atoms with Crippen molar-refractivity contribution < 1.29 is 4.74 Å². The number of nitrogens with zero attached hydrogens (tertiary/aromatic N) is 1. The second-order valence-corrected chi connectivity index (χ2v) is 4.08. The highest BCUT2D eigenvalue weighted by Gasteiger charge is 2.35. The van der Waals surface area contributed by atoms with Gasteiger partial charge in [-0.25, -0.2) is 0 Å². The summed E-state index contributed by atoms with van der Waals surface area (Å²) in [5, 5.41) is 0. The van der Waals surface area contributed by atoms with E-state index in [2.05, 4.69) is 11.9 Å². The number of fused-ring (bicyclic) bond motifs is 2. The molecule has 2 aliphatic rings. The van der Waals surface area contributed by atoms with Gasteiger partial charge in [-0.3, -0.25) is 4.90 Å². The van der Waals surface area contributed by atoms with E-state index in [0.717, 1.165) is 25.7 Å². The second kappa shape index (κ2) is 3.32. The number of hydrogen-bond acceptors (Lipinski definition) is 3. The molecule has 2 N–H and O–H groups in total. The fraction of sp³-hybridized carbons (Fsp3) is 1.00. The number of piperidine rings is 1. The van der Waals surface area contributed by atoms with Crippen LogP contribution in [0.25, 0.3) is 0 Å². The van der Waals surface area contributed by atoms with Crippen LogP contribution in [0.15, 0.2) is 0 Å². The SMILES string of the molecule is CN1C2COCC1CC(CN)C2. The third kappa shape index (κ3) is 1.37. The van der Waals surface area contributed by atoms with Crippen LogP contribution in [0.3, 0.4) is 0 Å². The molecule has 2 atom stereocenters. The van der Waals surface area contributed by atoms with Gasteiger partial charge in [0.1, 0.15) is 0 Å². The Bertz CT molecular complexity index is 149. The third-order valence-electron chi connectivity index (χ3n) is 3.32. The van der Waals surface area contributed by atoms with E-state index in [0.29, 0.717) is 12.1 Å². The van der Waals surface area contributed by atoms with Gasteiger partial charge in [0.2, 0.25) is 0 Å². The molecule has 3 heteroatoms. The highest BCUT2D eigenvalue weighted by Crippen LogP contribution is 2.29. The molecular formula is C9H18N2O. The van der Waals surface area contributed by atoms with Crippen molar-refractivity contribution in [2.24, 2.45) is 11.7 Å². The van der Waals surface area contributed by atoms with E-state index in [4.69, 9.17) is 10.5 Å². The van der Waals surface area contributed by atoms with Crippen LogP contribution in [0, 0.1) is 5.92 Å². The van der Waals surface area contributed by atoms with Crippen LogP contribution in [-0.2, 0) is 4.74 Å². The van der Waals surface area contributed by atoms with Crippen molar-refractivity contribution in [3.63, 3.8) is 0 Å². The molecule has 2 saturated heterocycles. The Labute approximate surface area is 73.9 Å². The van der Waals surface area contributed by atoms with Gasteiger partial charge >= 0.3 is 0 Å². The topological polar surface area (TPSA) is 38.5 Å². The zero-order chi connectivity index (χ0) is 8.55. The minimum absolute atomic E-state index is 0.631. The van der Waals surface area contributed by atoms with Crippen molar-refractivity contribution in [2.45, 2.75) is 24.9 Å². The van der Waals surface area contributed by atoms with Crippen molar-refractivity contribution in [3.05, 3.63) is 0 Å². The molecule has 0 aromatic carbocycles. The Morgan fingerprint density at radius 2 is 1.92 bits per heavy atom. The highest BCUT2D eigenvalue weighted by atomic mass is 16.5. The summed E-state index contributed by atoms with van der Waals surface area (Å²) >= 11 is 0. The summed E-state index contributed by atoms with van der Waals surface area (Å²) in [6.07, 6.45) is 2.45. The lowest BCUT2D eigenvalue weighted by Gasteiger charge is -2.46. The summed E-state index contributed by atoms with van der Waals surface area (Å²) in [6, 6.07) is 1.26. The smallest absolute Gasteiger partial charge is 0.0622 e. The van der Waals surface area contributed by atoms with E-state index in [9.17, 15) is 0 Å². The van der Waals surface area contributed by atoms with Gasteiger partial charge in [-0.2, -0.15) is 0 Å². The Hall–Kier alpha value is -0.120. The first-order valence-electron chi connectivity index (χ1n) is 4.81. The normalized spacial score (nSPS) is 43.0. The van der Waals surface area contributed by atoms with E-state index >= 15 is 0 Å². The van der Waals surface area contributed by atoms with Crippen molar-refractivity contribution >= 4 is 0 Å². The van der Waals surface area contributed by atoms with Gasteiger partial charge in [-0.05, 0) is 32.4 Å². The summed E-state index contributed by atoms with van der Waals surface area (Å²) in [5.41, 5.74) is 5.69. The lowest BCUT2D eigenvalue weighted by molar-refractivity contribution is -0.0734. The molecule has 0 spiro atoms. The Morgan fingerprint density at radius 3 is 2.42 bits per heavy atom. The van der Waals surface area contributed by atoms with Crippen molar-refractivity contribution in [3.8, 4) is 0 Å². The van der Waals surface area contributed by atoms with Crippen LogP contribution in [0.1, 0.15) is 12.8 Å². The molecule has 0 amide bonds. The average molecular weight is 170 g/mol. The Morgan fingerprint density at radius 1 is 1.33 bits per heavy atom. The molecule has 0 radical (unpaired) electrons. The summed E-state index contributed by atoms with van der Waals surface area (Å²) in [6.45, 7) is 2.66. The van der Waals surface area contributed by atoms with Crippen LogP contribution in [0.2, 0.25) is 0 Å². The predicted molar refractivity (Wildman–Crippen MR) is 47.9 cm³/mol. The third-order valence-corrected chi connectivity index (χ3v) is 3.32. The number of morpholine rings is 1. The molecule has 0 aromatic rings. The number of nitrogens with two attached hydrogens (primary N) is 1. The summed E-state index contributed by atoms with van der Waals surface area (Å²) in [4.78, 5) is 2.47. The number of likely N-dealkylation sites (N-methyl/N-ethyl adjacent to an activating group) is 1. The summed E-state index contributed by atoms with van der Waals surface area (Å²) < 4.78 is 5.52. The molecular weight excluding hydrogens is 152 g/mol. The maximum absolute atomic E-state index is 5.69. The first-order chi connectivity index (χ1) is 5.81. The molecule has 2 rings (SSSR count). The molecule has 2 fully saturated rings. The van der Waals surface area contributed by atoms with Gasteiger partial charge in [0.15, 0.2) is 0 Å². The van der Waals surface area contributed by atoms with E-state index in [1.165, 1.54) is 12.8 Å². The quantitative estimate of drug-likeness (QED) is 0.604. The summed E-state index contributed by atoms with van der Waals surface area (Å²) in [7, 11) is 2.21. The van der Waals surface area contributed by atoms with Crippen molar-refractivity contribution in [2.75, 3.05) is 26.8 Å². The molecule has 2 heterocycles. The highest BCUT2D eigenvalue weighted by molar-refractivity contribution is 4.89. The zero-order valence-corrected chi connectivity index (χ0v) is 7.70. The summed E-state index contributed by atoms with van der Waals surface area (Å²) in [5.74, 6) is 0.736. The first kappa shape index (κ1) is 8.48. The molecule has 2 bridgehead atoms. The molecule has 2 aliphatic heterocycles. The average Bonchev–Trinajstić information content (AvgIpc) is 2.04. The van der Waals surface area contributed by atoms with Gasteiger partial charge < -0.3 is 10.5 Å². The van der Waals surface area contributed by atoms with Gasteiger partial charge in [0.05, 0.1) is 13.2 Å². The zero-order valence-electron chi connectivity index (χ0n) is 7.70. The molecule has 0 saturated carbocycles. The van der Waals surface area contributed by atoms with E-state index in [-0.39, 0.29) is 0 Å². The number of hydrogen-bond donors (Lipinski definition) is 1.